The fourth-order valence-electron chi connectivity index (χ4n) is 1.47. The molecule has 0 fully saturated rings. The Morgan fingerprint density at radius 2 is 1.52 bits per heavy atom. The first kappa shape index (κ1) is 18.3. The second-order valence-electron chi connectivity index (χ2n) is 4.42. The van der Waals surface area contributed by atoms with Gasteiger partial charge in [0.15, 0.2) is 5.13 Å². The van der Waals surface area contributed by atoms with Crippen molar-refractivity contribution in [2.45, 2.75) is 26.4 Å². The van der Waals surface area contributed by atoms with E-state index in [1.165, 1.54) is 11.3 Å². The van der Waals surface area contributed by atoms with Crippen molar-refractivity contribution < 1.29 is 18.9 Å². The summed E-state index contributed by atoms with van der Waals surface area (Å²) in [4.78, 5) is 4.10. The third-order valence-electron chi connectivity index (χ3n) is 2.58. The number of ether oxygens (including phenoxy) is 4. The van der Waals surface area contributed by atoms with E-state index in [9.17, 15) is 0 Å². The zero-order valence-corrected chi connectivity index (χ0v) is 13.5. The first-order valence-electron chi connectivity index (χ1n) is 7.33. The Kier molecular flexibility index (Phi) is 11.3. The van der Waals surface area contributed by atoms with Crippen LogP contribution in [0.5, 0.6) is 0 Å². The lowest BCUT2D eigenvalue weighted by atomic mass is 10.4. The van der Waals surface area contributed by atoms with Gasteiger partial charge >= 0.3 is 0 Å². The van der Waals surface area contributed by atoms with Crippen molar-refractivity contribution in [2.75, 3.05) is 52.0 Å². The second kappa shape index (κ2) is 13.0. The standard InChI is InChI=1S/C14H26N2O4S/c1-2-3-4-17-5-6-18-7-8-19-9-10-20-11-13-12-21-14(15)16-13/h12H,2-11H2,1H3,(H2,15,16). The van der Waals surface area contributed by atoms with E-state index < -0.39 is 0 Å². The van der Waals surface area contributed by atoms with Crippen LogP contribution >= 0.6 is 11.3 Å². The minimum Gasteiger partial charge on any atom is -0.379 e. The van der Waals surface area contributed by atoms with Crippen LogP contribution in [0.15, 0.2) is 5.38 Å². The van der Waals surface area contributed by atoms with Gasteiger partial charge in [0.25, 0.3) is 0 Å². The number of anilines is 1. The van der Waals surface area contributed by atoms with Crippen LogP contribution in [-0.4, -0.2) is 51.2 Å². The van der Waals surface area contributed by atoms with Crippen molar-refractivity contribution in [3.63, 3.8) is 0 Å². The molecule has 6 nitrogen and oxygen atoms in total. The highest BCUT2D eigenvalue weighted by Crippen LogP contribution is 2.11. The first-order valence-corrected chi connectivity index (χ1v) is 8.21. The molecule has 0 saturated heterocycles. The van der Waals surface area contributed by atoms with Gasteiger partial charge in [-0.1, -0.05) is 13.3 Å². The van der Waals surface area contributed by atoms with Gasteiger partial charge in [-0.05, 0) is 6.42 Å². The van der Waals surface area contributed by atoms with Crippen LogP contribution in [0.25, 0.3) is 0 Å². The third-order valence-corrected chi connectivity index (χ3v) is 3.30. The van der Waals surface area contributed by atoms with E-state index in [-0.39, 0.29) is 0 Å². The topological polar surface area (TPSA) is 75.8 Å². The molecule has 0 aromatic carbocycles. The monoisotopic (exact) mass is 318 g/mol. The van der Waals surface area contributed by atoms with E-state index in [4.69, 9.17) is 24.7 Å². The van der Waals surface area contributed by atoms with Crippen LogP contribution in [0, 0.1) is 0 Å². The molecule has 21 heavy (non-hydrogen) atoms. The quantitative estimate of drug-likeness (QED) is 0.529. The number of nitrogen functional groups attached to an aromatic ring is 1. The number of aromatic nitrogens is 1. The number of hydrogen-bond donors (Lipinski definition) is 1. The Morgan fingerprint density at radius 1 is 0.952 bits per heavy atom. The average molecular weight is 318 g/mol. The summed E-state index contributed by atoms with van der Waals surface area (Å²) in [7, 11) is 0. The van der Waals surface area contributed by atoms with Crippen molar-refractivity contribution >= 4 is 16.5 Å². The summed E-state index contributed by atoms with van der Waals surface area (Å²) in [6.45, 7) is 6.96. The highest BCUT2D eigenvalue weighted by atomic mass is 32.1. The zero-order valence-electron chi connectivity index (χ0n) is 12.7. The molecule has 0 amide bonds. The van der Waals surface area contributed by atoms with Crippen molar-refractivity contribution in [1.82, 2.24) is 4.98 Å². The van der Waals surface area contributed by atoms with Crippen molar-refractivity contribution in [3.05, 3.63) is 11.1 Å². The minimum absolute atomic E-state index is 0.475. The maximum atomic E-state index is 5.53. The summed E-state index contributed by atoms with van der Waals surface area (Å²) in [6.07, 6.45) is 2.27. The first-order chi connectivity index (χ1) is 10.3. The number of rotatable bonds is 14. The third kappa shape index (κ3) is 10.6. The normalized spacial score (nSPS) is 11.1. The largest absolute Gasteiger partial charge is 0.379 e. The van der Waals surface area contributed by atoms with E-state index in [0.717, 1.165) is 25.1 Å². The molecule has 0 spiro atoms. The lowest BCUT2D eigenvalue weighted by Crippen LogP contribution is -2.12. The number of nitrogens with two attached hydrogens (primary N) is 1. The van der Waals surface area contributed by atoms with E-state index in [1.54, 1.807) is 0 Å². The Hall–Kier alpha value is -0.730. The summed E-state index contributed by atoms with van der Waals surface area (Å²) in [5, 5.41) is 2.47. The molecule has 0 atom stereocenters. The number of hydrogen-bond acceptors (Lipinski definition) is 7. The summed E-state index contributed by atoms with van der Waals surface area (Å²) >= 11 is 1.42. The molecule has 1 rings (SSSR count). The van der Waals surface area contributed by atoms with Gasteiger partial charge in [0.2, 0.25) is 0 Å². The zero-order chi connectivity index (χ0) is 15.2. The molecule has 1 aromatic heterocycles. The summed E-state index contributed by atoms with van der Waals surface area (Å²) in [5.41, 5.74) is 6.39. The van der Waals surface area contributed by atoms with Gasteiger partial charge in [-0.2, -0.15) is 0 Å². The molecule has 7 heteroatoms. The Labute approximate surface area is 130 Å². The molecule has 1 aromatic rings. The molecular formula is C14H26N2O4S. The molecular weight excluding hydrogens is 292 g/mol. The molecule has 2 N–H and O–H groups in total. The van der Waals surface area contributed by atoms with Crippen molar-refractivity contribution in [2.24, 2.45) is 0 Å². The number of nitrogens with zero attached hydrogens (tertiary/aromatic N) is 1. The Morgan fingerprint density at radius 3 is 2.05 bits per heavy atom. The molecule has 0 radical (unpaired) electrons. The molecule has 1 heterocycles. The summed E-state index contributed by atoms with van der Waals surface area (Å²) < 4.78 is 21.6. The van der Waals surface area contributed by atoms with Crippen molar-refractivity contribution in [1.29, 1.82) is 0 Å². The van der Waals surface area contributed by atoms with E-state index >= 15 is 0 Å². The molecule has 0 saturated carbocycles. The van der Waals surface area contributed by atoms with Gasteiger partial charge in [-0.3, -0.25) is 0 Å². The highest BCUT2D eigenvalue weighted by molar-refractivity contribution is 7.13. The second-order valence-corrected chi connectivity index (χ2v) is 5.31. The van der Waals surface area contributed by atoms with E-state index in [2.05, 4.69) is 11.9 Å². The molecule has 0 aliphatic heterocycles. The number of unbranched alkanes of at least 4 members (excludes halogenated alkanes) is 1. The Balaban J connectivity index is 1.74. The van der Waals surface area contributed by atoms with Gasteiger partial charge in [-0.25, -0.2) is 4.98 Å². The van der Waals surface area contributed by atoms with Crippen LogP contribution in [0.2, 0.25) is 0 Å². The van der Waals surface area contributed by atoms with Crippen LogP contribution < -0.4 is 5.73 Å². The Bertz CT molecular complexity index is 349. The van der Waals surface area contributed by atoms with Crippen LogP contribution in [0.4, 0.5) is 5.13 Å². The maximum Gasteiger partial charge on any atom is 0.180 e. The predicted molar refractivity (Wildman–Crippen MR) is 83.5 cm³/mol. The van der Waals surface area contributed by atoms with Gasteiger partial charge in [-0.15, -0.1) is 11.3 Å². The van der Waals surface area contributed by atoms with Gasteiger partial charge in [0.1, 0.15) is 0 Å². The SMILES string of the molecule is CCCCOCCOCCOCCOCc1csc(N)n1. The lowest BCUT2D eigenvalue weighted by molar-refractivity contribution is -0.00457. The van der Waals surface area contributed by atoms with Crippen LogP contribution in [-0.2, 0) is 25.6 Å². The average Bonchev–Trinajstić information content (AvgIpc) is 2.89. The minimum atomic E-state index is 0.475. The smallest absolute Gasteiger partial charge is 0.180 e. The molecule has 0 bridgehead atoms. The summed E-state index contributed by atoms with van der Waals surface area (Å²) in [6, 6.07) is 0. The predicted octanol–water partition coefficient (Wildman–Crippen LogP) is 2.09. The number of thiazole rings is 1. The van der Waals surface area contributed by atoms with Crippen LogP contribution in [0.1, 0.15) is 25.5 Å². The fourth-order valence-corrected chi connectivity index (χ4v) is 2.02. The maximum absolute atomic E-state index is 5.53. The fraction of sp³-hybridized carbons (Fsp3) is 0.786. The van der Waals surface area contributed by atoms with E-state index in [1.807, 2.05) is 5.38 Å². The van der Waals surface area contributed by atoms with Gasteiger partial charge < -0.3 is 24.7 Å². The van der Waals surface area contributed by atoms with Crippen molar-refractivity contribution in [3.8, 4) is 0 Å². The lowest BCUT2D eigenvalue weighted by Gasteiger charge is -2.06. The molecule has 0 aliphatic carbocycles. The van der Waals surface area contributed by atoms with Gasteiger partial charge in [0.05, 0.1) is 51.9 Å². The molecule has 122 valence electrons. The van der Waals surface area contributed by atoms with Crippen LogP contribution in [0.3, 0.4) is 0 Å². The summed E-state index contributed by atoms with van der Waals surface area (Å²) in [5.74, 6) is 0. The molecule has 0 unspecified atom stereocenters. The van der Waals surface area contributed by atoms with Gasteiger partial charge in [0, 0.05) is 12.0 Å². The highest BCUT2D eigenvalue weighted by Gasteiger charge is 1.98. The van der Waals surface area contributed by atoms with E-state index in [0.29, 0.717) is 51.4 Å². The molecule has 0 aliphatic rings.